The van der Waals surface area contributed by atoms with Gasteiger partial charge < -0.3 is 9.64 Å². The fourth-order valence-corrected chi connectivity index (χ4v) is 2.87. The molecule has 0 aliphatic carbocycles. The molecule has 0 radical (unpaired) electrons. The van der Waals surface area contributed by atoms with Gasteiger partial charge in [-0.2, -0.15) is 0 Å². The van der Waals surface area contributed by atoms with Gasteiger partial charge in [-0.3, -0.25) is 14.2 Å². The van der Waals surface area contributed by atoms with E-state index in [0.29, 0.717) is 50.0 Å². The molecule has 1 aromatic carbocycles. The van der Waals surface area contributed by atoms with Crippen LogP contribution in [0.1, 0.15) is 19.8 Å². The van der Waals surface area contributed by atoms with Crippen LogP contribution in [0.15, 0.2) is 35.4 Å². The maximum atomic E-state index is 12.4. The molecule has 1 aliphatic rings. The zero-order chi connectivity index (χ0) is 16.2. The van der Waals surface area contributed by atoms with Crippen molar-refractivity contribution in [1.29, 1.82) is 0 Å². The first-order chi connectivity index (χ1) is 11.1. The monoisotopic (exact) mass is 315 g/mol. The molecule has 0 saturated carbocycles. The summed E-state index contributed by atoms with van der Waals surface area (Å²) in [5, 5.41) is 0.614. The molecule has 1 aliphatic heterocycles. The van der Waals surface area contributed by atoms with E-state index in [1.54, 1.807) is 17.0 Å². The van der Waals surface area contributed by atoms with E-state index in [2.05, 4.69) is 4.98 Å². The second-order valence-electron chi connectivity index (χ2n) is 5.88. The van der Waals surface area contributed by atoms with E-state index in [-0.39, 0.29) is 17.6 Å². The summed E-state index contributed by atoms with van der Waals surface area (Å²) in [4.78, 5) is 30.7. The number of amides is 1. The Labute approximate surface area is 134 Å². The highest BCUT2D eigenvalue weighted by atomic mass is 16.5. The van der Waals surface area contributed by atoms with Gasteiger partial charge in [0, 0.05) is 26.1 Å². The molecule has 1 amide bonds. The summed E-state index contributed by atoms with van der Waals surface area (Å²) in [6.07, 6.45) is 2.72. The Morgan fingerprint density at radius 2 is 2.22 bits per heavy atom. The van der Waals surface area contributed by atoms with Gasteiger partial charge >= 0.3 is 0 Å². The number of fused-ring (bicyclic) bond motifs is 1. The molecule has 1 aromatic heterocycles. The maximum absolute atomic E-state index is 12.4. The molecule has 122 valence electrons. The topological polar surface area (TPSA) is 64.4 Å². The van der Waals surface area contributed by atoms with Crippen LogP contribution in [-0.2, 0) is 16.1 Å². The van der Waals surface area contributed by atoms with Gasteiger partial charge in [-0.25, -0.2) is 4.98 Å². The molecule has 6 nitrogen and oxygen atoms in total. The number of aromatic nitrogens is 2. The molecule has 0 bridgehead atoms. The van der Waals surface area contributed by atoms with Crippen molar-refractivity contribution in [3.8, 4) is 0 Å². The highest BCUT2D eigenvalue weighted by molar-refractivity contribution is 5.77. The minimum atomic E-state index is -0.0527. The van der Waals surface area contributed by atoms with Crippen molar-refractivity contribution in [2.45, 2.75) is 32.4 Å². The van der Waals surface area contributed by atoms with Crippen LogP contribution in [0.3, 0.4) is 0 Å². The van der Waals surface area contributed by atoms with Crippen molar-refractivity contribution >= 4 is 16.8 Å². The predicted octanol–water partition coefficient (Wildman–Crippen LogP) is 1.42. The lowest BCUT2D eigenvalue weighted by Crippen LogP contribution is -2.44. The van der Waals surface area contributed by atoms with Gasteiger partial charge in [-0.15, -0.1) is 0 Å². The largest absolute Gasteiger partial charge is 0.375 e. The first-order valence-corrected chi connectivity index (χ1v) is 7.99. The van der Waals surface area contributed by atoms with Gasteiger partial charge in [0.05, 0.1) is 29.9 Å². The number of rotatable bonds is 4. The fourth-order valence-electron chi connectivity index (χ4n) is 2.87. The Bertz CT molecular complexity index is 756. The Hall–Kier alpha value is -2.21. The third-order valence-electron chi connectivity index (χ3n) is 4.11. The van der Waals surface area contributed by atoms with Crippen molar-refractivity contribution in [2.24, 2.45) is 0 Å². The Balaban J connectivity index is 1.59. The molecule has 1 saturated heterocycles. The van der Waals surface area contributed by atoms with Crippen molar-refractivity contribution in [2.75, 3.05) is 19.7 Å². The second kappa shape index (κ2) is 6.91. The van der Waals surface area contributed by atoms with E-state index in [4.69, 9.17) is 4.74 Å². The standard InChI is InChI=1S/C17H21N3O3/c1-13-11-19(9-10-23-13)16(21)7-4-8-20-12-18-15-6-3-2-5-14(15)17(20)22/h2-3,5-6,12-13H,4,7-11H2,1H3. The van der Waals surface area contributed by atoms with Crippen LogP contribution in [-0.4, -0.2) is 46.2 Å². The maximum Gasteiger partial charge on any atom is 0.261 e. The Morgan fingerprint density at radius 1 is 1.39 bits per heavy atom. The third-order valence-corrected chi connectivity index (χ3v) is 4.11. The van der Waals surface area contributed by atoms with Gasteiger partial charge in [-0.05, 0) is 25.5 Å². The van der Waals surface area contributed by atoms with E-state index >= 15 is 0 Å². The fraction of sp³-hybridized carbons (Fsp3) is 0.471. The van der Waals surface area contributed by atoms with E-state index in [0.717, 1.165) is 0 Å². The quantitative estimate of drug-likeness (QED) is 0.856. The normalized spacial score (nSPS) is 18.3. The summed E-state index contributed by atoms with van der Waals surface area (Å²) in [5.41, 5.74) is 0.648. The minimum absolute atomic E-state index is 0.0527. The number of carbonyl (C=O) groups excluding carboxylic acids is 1. The van der Waals surface area contributed by atoms with Gasteiger partial charge in [0.25, 0.3) is 5.56 Å². The zero-order valence-corrected chi connectivity index (χ0v) is 13.3. The summed E-state index contributed by atoms with van der Waals surface area (Å²) in [6.45, 7) is 4.37. The lowest BCUT2D eigenvalue weighted by atomic mass is 10.2. The minimum Gasteiger partial charge on any atom is -0.375 e. The van der Waals surface area contributed by atoms with Crippen LogP contribution in [0.25, 0.3) is 10.9 Å². The van der Waals surface area contributed by atoms with Crippen molar-refractivity contribution in [3.63, 3.8) is 0 Å². The summed E-state index contributed by atoms with van der Waals surface area (Å²) in [7, 11) is 0. The van der Waals surface area contributed by atoms with E-state index in [1.807, 2.05) is 30.0 Å². The Kier molecular flexibility index (Phi) is 4.71. The highest BCUT2D eigenvalue weighted by Crippen LogP contribution is 2.08. The van der Waals surface area contributed by atoms with Gasteiger partial charge in [0.1, 0.15) is 0 Å². The molecule has 2 aromatic rings. The van der Waals surface area contributed by atoms with Crippen LogP contribution < -0.4 is 5.56 Å². The number of benzene rings is 1. The molecule has 0 N–H and O–H groups in total. The second-order valence-corrected chi connectivity index (χ2v) is 5.88. The molecule has 1 fully saturated rings. The molecule has 1 atom stereocenters. The van der Waals surface area contributed by atoms with E-state index < -0.39 is 0 Å². The number of ether oxygens (including phenoxy) is 1. The molecule has 3 rings (SSSR count). The van der Waals surface area contributed by atoms with Gasteiger partial charge in [0.15, 0.2) is 0 Å². The van der Waals surface area contributed by atoms with Gasteiger partial charge in [0.2, 0.25) is 5.91 Å². The summed E-state index contributed by atoms with van der Waals surface area (Å²) in [6, 6.07) is 7.30. The first kappa shape index (κ1) is 15.7. The molecule has 1 unspecified atom stereocenters. The number of para-hydroxylation sites is 1. The summed E-state index contributed by atoms with van der Waals surface area (Å²) in [5.74, 6) is 0.127. The predicted molar refractivity (Wildman–Crippen MR) is 87.2 cm³/mol. The number of nitrogens with zero attached hydrogens (tertiary/aromatic N) is 3. The first-order valence-electron chi connectivity index (χ1n) is 7.99. The molecule has 6 heteroatoms. The number of carbonyl (C=O) groups is 1. The molecular formula is C17H21N3O3. The molecule has 2 heterocycles. The van der Waals surface area contributed by atoms with Crippen LogP contribution >= 0.6 is 0 Å². The van der Waals surface area contributed by atoms with Crippen LogP contribution in [0, 0.1) is 0 Å². The third kappa shape index (κ3) is 3.59. The van der Waals surface area contributed by atoms with Crippen molar-refractivity contribution in [1.82, 2.24) is 14.5 Å². The van der Waals surface area contributed by atoms with E-state index in [1.165, 1.54) is 0 Å². The Morgan fingerprint density at radius 3 is 3.04 bits per heavy atom. The smallest absolute Gasteiger partial charge is 0.261 e. The van der Waals surface area contributed by atoms with Crippen LogP contribution in [0.2, 0.25) is 0 Å². The number of hydrogen-bond acceptors (Lipinski definition) is 4. The van der Waals surface area contributed by atoms with E-state index in [9.17, 15) is 9.59 Å². The highest BCUT2D eigenvalue weighted by Gasteiger charge is 2.20. The van der Waals surface area contributed by atoms with Crippen LogP contribution in [0.4, 0.5) is 0 Å². The van der Waals surface area contributed by atoms with Crippen LogP contribution in [0.5, 0.6) is 0 Å². The average molecular weight is 315 g/mol. The van der Waals surface area contributed by atoms with Crippen molar-refractivity contribution in [3.05, 3.63) is 40.9 Å². The molecule has 0 spiro atoms. The average Bonchev–Trinajstić information content (AvgIpc) is 2.57. The number of hydrogen-bond donors (Lipinski definition) is 0. The van der Waals surface area contributed by atoms with Gasteiger partial charge in [-0.1, -0.05) is 12.1 Å². The summed E-state index contributed by atoms with van der Waals surface area (Å²) < 4.78 is 7.02. The number of morpholine rings is 1. The van der Waals surface area contributed by atoms with Crippen molar-refractivity contribution < 1.29 is 9.53 Å². The lowest BCUT2D eigenvalue weighted by Gasteiger charge is -2.31. The lowest BCUT2D eigenvalue weighted by molar-refractivity contribution is -0.138. The molecular weight excluding hydrogens is 294 g/mol. The zero-order valence-electron chi connectivity index (χ0n) is 13.3. The summed E-state index contributed by atoms with van der Waals surface area (Å²) >= 11 is 0. The molecule has 23 heavy (non-hydrogen) atoms. The SMILES string of the molecule is CC1CN(C(=O)CCCn2cnc3ccccc3c2=O)CCO1. The number of aryl methyl sites for hydroxylation is 1.